The second-order valence-electron chi connectivity index (χ2n) is 9.28. The summed E-state index contributed by atoms with van der Waals surface area (Å²) in [5, 5.41) is 3.99. The maximum atomic E-state index is 13.1. The highest BCUT2D eigenvalue weighted by molar-refractivity contribution is 8.22. The third kappa shape index (κ3) is 4.81. The molecule has 0 unspecified atom stereocenters. The van der Waals surface area contributed by atoms with Gasteiger partial charge in [-0.15, -0.1) is 21.5 Å². The van der Waals surface area contributed by atoms with Crippen molar-refractivity contribution in [3.63, 3.8) is 0 Å². The molecule has 4 aromatic rings. The number of nitrogens with zero attached hydrogens (tertiary/aromatic N) is 1. The number of carbonyl (C=O) groups excluding carboxylic acids is 1. The van der Waals surface area contributed by atoms with E-state index in [1.807, 2.05) is 94.1 Å². The molecule has 4 rings (SSSR count). The molecule has 0 saturated heterocycles. The number of fused-ring (bicyclic) bond motifs is 1. The fraction of sp³-hybridized carbons (Fsp3) is 0.185. The van der Waals surface area contributed by atoms with E-state index >= 15 is 0 Å². The molecule has 0 atom stereocenters. The minimum atomic E-state index is -2.44. The fourth-order valence-electron chi connectivity index (χ4n) is 3.81. The van der Waals surface area contributed by atoms with Gasteiger partial charge in [0.05, 0.1) is 5.52 Å². The Bertz CT molecular complexity index is 1430. The molecular weight excluding hydrogens is 459 g/mol. The summed E-state index contributed by atoms with van der Waals surface area (Å²) in [7, 11) is -0.607. The zero-order valence-corrected chi connectivity index (χ0v) is 21.8. The van der Waals surface area contributed by atoms with Gasteiger partial charge in [-0.3, -0.25) is 14.0 Å². The summed E-state index contributed by atoms with van der Waals surface area (Å²) in [6.45, 7) is 4.06. The molecule has 7 heteroatoms. The zero-order valence-electron chi connectivity index (χ0n) is 20.1. The van der Waals surface area contributed by atoms with Crippen LogP contribution in [-0.2, 0) is 14.5 Å². The molecule has 1 aromatic heterocycles. The van der Waals surface area contributed by atoms with E-state index in [0.29, 0.717) is 5.56 Å². The standard InChI is InChI=1S/C27H29BN2O2S2/c1-27(2,34(4,28)32)21-15-19-10-7-13-29-25(19)24(16-21)18-8-5-9-20(14-18)26(31)30-22-11-6-12-23(17-22)33-3/h5-17,34H,28H2,1-4H3,(H,30,31). The first-order valence-electron chi connectivity index (χ1n) is 11.1. The van der Waals surface area contributed by atoms with E-state index < -0.39 is 14.5 Å². The van der Waals surface area contributed by atoms with Gasteiger partial charge in [0, 0.05) is 38.0 Å². The Labute approximate surface area is 207 Å². The minimum absolute atomic E-state index is 0.166. The van der Waals surface area contributed by atoms with E-state index in [0.717, 1.165) is 38.2 Å². The second-order valence-corrected chi connectivity index (χ2v) is 14.0. The van der Waals surface area contributed by atoms with Crippen LogP contribution in [0.5, 0.6) is 0 Å². The molecule has 0 saturated carbocycles. The van der Waals surface area contributed by atoms with Gasteiger partial charge in [0.15, 0.2) is 7.12 Å². The van der Waals surface area contributed by atoms with E-state index in [-0.39, 0.29) is 5.91 Å². The smallest absolute Gasteiger partial charge is 0.255 e. The normalized spacial score (nSPS) is 12.5. The Kier molecular flexibility index (Phi) is 6.70. The van der Waals surface area contributed by atoms with Gasteiger partial charge in [-0.25, -0.2) is 0 Å². The highest BCUT2D eigenvalue weighted by atomic mass is 32.2. The van der Waals surface area contributed by atoms with Crippen molar-refractivity contribution in [2.45, 2.75) is 23.5 Å². The molecule has 34 heavy (non-hydrogen) atoms. The molecular formula is C27H29BN2O2S2. The highest BCUT2D eigenvalue weighted by Crippen LogP contribution is 2.38. The van der Waals surface area contributed by atoms with Crippen molar-refractivity contribution in [1.82, 2.24) is 4.98 Å². The van der Waals surface area contributed by atoms with Gasteiger partial charge < -0.3 is 5.32 Å². The van der Waals surface area contributed by atoms with E-state index in [4.69, 9.17) is 0 Å². The van der Waals surface area contributed by atoms with Crippen LogP contribution in [0.1, 0.15) is 29.8 Å². The number of thioether (sulfide) groups is 1. The lowest BCUT2D eigenvalue weighted by Gasteiger charge is -2.35. The first kappa shape index (κ1) is 24.2. The zero-order chi connectivity index (χ0) is 24.5. The number of rotatable bonds is 6. The molecule has 4 nitrogen and oxygen atoms in total. The van der Waals surface area contributed by atoms with E-state index in [9.17, 15) is 9.00 Å². The van der Waals surface area contributed by atoms with Crippen LogP contribution in [0.3, 0.4) is 0 Å². The largest absolute Gasteiger partial charge is 0.322 e. The quantitative estimate of drug-likeness (QED) is 0.220. The van der Waals surface area contributed by atoms with Crippen LogP contribution in [0, 0.1) is 0 Å². The average molecular weight is 488 g/mol. The molecule has 0 fully saturated rings. The molecule has 0 aliphatic heterocycles. The number of thiol groups is 1. The second kappa shape index (κ2) is 9.39. The Hall–Kier alpha value is -2.90. The van der Waals surface area contributed by atoms with Gasteiger partial charge in [-0.1, -0.05) is 24.3 Å². The lowest BCUT2D eigenvalue weighted by molar-refractivity contribution is 0.102. The summed E-state index contributed by atoms with van der Waals surface area (Å²) in [6, 6.07) is 23.5. The van der Waals surface area contributed by atoms with E-state index in [2.05, 4.69) is 22.4 Å². The van der Waals surface area contributed by atoms with Crippen molar-refractivity contribution in [3.05, 3.63) is 90.1 Å². The molecule has 3 aromatic carbocycles. The van der Waals surface area contributed by atoms with Gasteiger partial charge in [0.1, 0.15) is 0 Å². The third-order valence-corrected chi connectivity index (χ3v) is 10.2. The molecule has 1 amide bonds. The van der Waals surface area contributed by atoms with Crippen LogP contribution in [-0.4, -0.2) is 34.7 Å². The lowest BCUT2D eigenvalue weighted by atomic mass is 9.93. The predicted molar refractivity (Wildman–Crippen MR) is 150 cm³/mol. The van der Waals surface area contributed by atoms with E-state index in [1.165, 1.54) is 0 Å². The highest BCUT2D eigenvalue weighted by Gasteiger charge is 2.30. The minimum Gasteiger partial charge on any atom is -0.322 e. The topological polar surface area (TPSA) is 59.1 Å². The first-order valence-corrected chi connectivity index (χ1v) is 14.9. The molecule has 0 aliphatic carbocycles. The van der Waals surface area contributed by atoms with Crippen LogP contribution in [0.2, 0.25) is 0 Å². The van der Waals surface area contributed by atoms with Gasteiger partial charge in [-0.05, 0) is 86.0 Å². The van der Waals surface area contributed by atoms with Crippen LogP contribution in [0.4, 0.5) is 5.69 Å². The number of aromatic nitrogens is 1. The van der Waals surface area contributed by atoms with Crippen molar-refractivity contribution in [2.75, 3.05) is 17.8 Å². The SMILES string of the molecule is B[SH](C)(=O)C(C)(C)c1cc(-c2cccc(C(=O)Nc3cccc(SC)c3)c2)c2ncccc2c1. The number of benzene rings is 3. The number of hydrogen-bond donors (Lipinski definition) is 2. The van der Waals surface area contributed by atoms with Crippen molar-refractivity contribution < 1.29 is 9.00 Å². The summed E-state index contributed by atoms with van der Waals surface area (Å²) in [5.41, 5.74) is 5.01. The number of anilines is 1. The third-order valence-electron chi connectivity index (χ3n) is 6.52. The van der Waals surface area contributed by atoms with Crippen LogP contribution in [0.15, 0.2) is 83.9 Å². The van der Waals surface area contributed by atoms with Gasteiger partial charge in [0.25, 0.3) is 5.91 Å². The van der Waals surface area contributed by atoms with Crippen molar-refractivity contribution in [2.24, 2.45) is 0 Å². The van der Waals surface area contributed by atoms with Gasteiger partial charge in [-0.2, -0.15) is 0 Å². The van der Waals surface area contributed by atoms with Crippen molar-refractivity contribution >= 4 is 51.2 Å². The molecule has 1 heterocycles. The summed E-state index contributed by atoms with van der Waals surface area (Å²) < 4.78 is 12.6. The van der Waals surface area contributed by atoms with E-state index in [1.54, 1.807) is 18.0 Å². The molecule has 0 aliphatic rings. The summed E-state index contributed by atoms with van der Waals surface area (Å²) in [4.78, 5) is 18.8. The lowest BCUT2D eigenvalue weighted by Crippen LogP contribution is -2.34. The van der Waals surface area contributed by atoms with Crippen LogP contribution in [0.25, 0.3) is 22.0 Å². The Balaban J connectivity index is 1.78. The Morgan fingerprint density at radius 3 is 2.53 bits per heavy atom. The maximum Gasteiger partial charge on any atom is 0.255 e. The van der Waals surface area contributed by atoms with Crippen molar-refractivity contribution in [1.29, 1.82) is 0 Å². The Morgan fingerprint density at radius 2 is 1.79 bits per heavy atom. The molecule has 0 radical (unpaired) electrons. The number of carbonyl (C=O) groups is 1. The van der Waals surface area contributed by atoms with Crippen LogP contribution < -0.4 is 5.32 Å². The average Bonchev–Trinajstić information content (AvgIpc) is 2.82. The maximum absolute atomic E-state index is 13.1. The molecule has 0 spiro atoms. The molecule has 0 bridgehead atoms. The summed E-state index contributed by atoms with van der Waals surface area (Å²) in [6.07, 6.45) is 5.61. The van der Waals surface area contributed by atoms with Crippen molar-refractivity contribution in [3.8, 4) is 11.1 Å². The molecule has 174 valence electrons. The molecule has 1 N–H and O–H groups in total. The Morgan fingerprint density at radius 1 is 1.03 bits per heavy atom. The number of hydrogen-bond acceptors (Lipinski definition) is 4. The summed E-state index contributed by atoms with van der Waals surface area (Å²) >= 11 is 1.63. The number of amides is 1. The fourth-order valence-corrected chi connectivity index (χ4v) is 5.02. The predicted octanol–water partition coefficient (Wildman–Crippen LogP) is 5.31. The van der Waals surface area contributed by atoms with Crippen LogP contribution >= 0.6 is 11.8 Å². The summed E-state index contributed by atoms with van der Waals surface area (Å²) in [5.74, 6) is -0.166. The first-order chi connectivity index (χ1) is 16.1. The number of nitrogens with one attached hydrogen (secondary N) is 1. The van der Waals surface area contributed by atoms with Gasteiger partial charge >= 0.3 is 0 Å². The van der Waals surface area contributed by atoms with Gasteiger partial charge in [0.2, 0.25) is 0 Å². The monoisotopic (exact) mass is 488 g/mol. The number of pyridine rings is 1.